The van der Waals surface area contributed by atoms with E-state index in [9.17, 15) is 0 Å². The van der Waals surface area contributed by atoms with Gasteiger partial charge in [-0.1, -0.05) is 6.07 Å². The zero-order chi connectivity index (χ0) is 11.7. The number of hydrogen-bond donors (Lipinski definition) is 1. The molecule has 0 bridgehead atoms. The Bertz CT molecular complexity index is 383. The van der Waals surface area contributed by atoms with Gasteiger partial charge in [-0.15, -0.1) is 0 Å². The van der Waals surface area contributed by atoms with Gasteiger partial charge in [0.15, 0.2) is 0 Å². The molecule has 2 aliphatic carbocycles. The van der Waals surface area contributed by atoms with Crippen LogP contribution in [0.25, 0.3) is 0 Å². The second kappa shape index (κ2) is 4.65. The highest BCUT2D eigenvalue weighted by Crippen LogP contribution is 2.36. The molecule has 0 radical (unpaired) electrons. The molecule has 0 amide bonds. The van der Waals surface area contributed by atoms with Crippen molar-refractivity contribution in [3.8, 4) is 0 Å². The molecule has 3 nitrogen and oxygen atoms in total. The number of anilines is 1. The molecule has 2 saturated carbocycles. The first-order chi connectivity index (χ1) is 8.36. The average Bonchev–Trinajstić information content (AvgIpc) is 3.21. The van der Waals surface area contributed by atoms with E-state index in [1.165, 1.54) is 37.8 Å². The van der Waals surface area contributed by atoms with Crippen LogP contribution in [-0.2, 0) is 6.54 Å². The molecule has 17 heavy (non-hydrogen) atoms. The molecule has 2 aliphatic rings. The molecule has 0 aliphatic heterocycles. The van der Waals surface area contributed by atoms with Crippen molar-refractivity contribution in [3.63, 3.8) is 0 Å². The minimum atomic E-state index is 0.848. The SMILES string of the molecule is CNc1ncccc1CN(CC1CC1)C1CC1. The van der Waals surface area contributed by atoms with Crippen LogP contribution in [0.15, 0.2) is 18.3 Å². The summed E-state index contributed by atoms with van der Waals surface area (Å²) in [5.41, 5.74) is 1.34. The summed E-state index contributed by atoms with van der Waals surface area (Å²) in [6.45, 7) is 2.36. The molecule has 3 rings (SSSR count). The maximum absolute atomic E-state index is 4.39. The first-order valence-corrected chi connectivity index (χ1v) is 6.72. The highest BCUT2D eigenvalue weighted by molar-refractivity contribution is 5.42. The third kappa shape index (κ3) is 2.78. The molecule has 1 aromatic heterocycles. The molecule has 1 aromatic rings. The highest BCUT2D eigenvalue weighted by atomic mass is 15.2. The van der Waals surface area contributed by atoms with Gasteiger partial charge in [-0.05, 0) is 37.7 Å². The molecule has 1 heterocycles. The summed E-state index contributed by atoms with van der Waals surface area (Å²) in [5.74, 6) is 2.01. The summed E-state index contributed by atoms with van der Waals surface area (Å²) in [4.78, 5) is 7.05. The van der Waals surface area contributed by atoms with Crippen LogP contribution in [-0.4, -0.2) is 29.5 Å². The van der Waals surface area contributed by atoms with E-state index in [1.807, 2.05) is 19.3 Å². The Hall–Kier alpha value is -1.09. The molecular weight excluding hydrogens is 210 g/mol. The predicted molar refractivity (Wildman–Crippen MR) is 69.9 cm³/mol. The van der Waals surface area contributed by atoms with E-state index in [2.05, 4.69) is 21.3 Å². The minimum absolute atomic E-state index is 0.848. The number of rotatable bonds is 6. The lowest BCUT2D eigenvalue weighted by molar-refractivity contribution is 0.244. The first-order valence-electron chi connectivity index (χ1n) is 6.72. The Morgan fingerprint density at radius 1 is 1.35 bits per heavy atom. The highest BCUT2D eigenvalue weighted by Gasteiger charge is 2.33. The number of nitrogens with zero attached hydrogens (tertiary/aromatic N) is 2. The molecule has 3 heteroatoms. The molecule has 0 aromatic carbocycles. The maximum Gasteiger partial charge on any atom is 0.130 e. The van der Waals surface area contributed by atoms with E-state index in [0.29, 0.717) is 0 Å². The van der Waals surface area contributed by atoms with Gasteiger partial charge < -0.3 is 5.32 Å². The van der Waals surface area contributed by atoms with Gasteiger partial charge in [0.25, 0.3) is 0 Å². The van der Waals surface area contributed by atoms with Crippen molar-refractivity contribution in [1.82, 2.24) is 9.88 Å². The van der Waals surface area contributed by atoms with E-state index in [4.69, 9.17) is 0 Å². The van der Waals surface area contributed by atoms with Crippen LogP contribution in [0.2, 0.25) is 0 Å². The summed E-state index contributed by atoms with van der Waals surface area (Å²) in [5, 5.41) is 3.19. The zero-order valence-electron chi connectivity index (χ0n) is 10.5. The van der Waals surface area contributed by atoms with Crippen molar-refractivity contribution in [2.75, 3.05) is 18.9 Å². The average molecular weight is 231 g/mol. The minimum Gasteiger partial charge on any atom is -0.373 e. The van der Waals surface area contributed by atoms with Gasteiger partial charge >= 0.3 is 0 Å². The molecule has 0 unspecified atom stereocenters. The van der Waals surface area contributed by atoms with E-state index in [1.54, 1.807) is 0 Å². The Kier molecular flexibility index (Phi) is 3.02. The predicted octanol–water partition coefficient (Wildman–Crippen LogP) is 2.50. The zero-order valence-corrected chi connectivity index (χ0v) is 10.5. The third-order valence-corrected chi connectivity index (χ3v) is 3.75. The third-order valence-electron chi connectivity index (χ3n) is 3.75. The van der Waals surface area contributed by atoms with Crippen LogP contribution in [0.5, 0.6) is 0 Å². The van der Waals surface area contributed by atoms with E-state index < -0.39 is 0 Å². The lowest BCUT2D eigenvalue weighted by Gasteiger charge is -2.22. The van der Waals surface area contributed by atoms with Gasteiger partial charge in [0.05, 0.1) is 0 Å². The normalized spacial score (nSPS) is 19.6. The molecular formula is C14H21N3. The van der Waals surface area contributed by atoms with Crippen LogP contribution >= 0.6 is 0 Å². The standard InChI is InChI=1S/C14H21N3/c1-15-14-12(3-2-8-16-14)10-17(13-6-7-13)9-11-4-5-11/h2-3,8,11,13H,4-7,9-10H2,1H3,(H,15,16). The Morgan fingerprint density at radius 2 is 2.18 bits per heavy atom. The fraction of sp³-hybridized carbons (Fsp3) is 0.643. The number of hydrogen-bond acceptors (Lipinski definition) is 3. The van der Waals surface area contributed by atoms with Crippen molar-refractivity contribution >= 4 is 5.82 Å². The Labute approximate surface area is 103 Å². The molecule has 2 fully saturated rings. The summed E-state index contributed by atoms with van der Waals surface area (Å²) in [6.07, 6.45) is 7.52. The van der Waals surface area contributed by atoms with Crippen molar-refractivity contribution in [1.29, 1.82) is 0 Å². The van der Waals surface area contributed by atoms with Crippen molar-refractivity contribution in [2.24, 2.45) is 5.92 Å². The fourth-order valence-corrected chi connectivity index (χ4v) is 2.42. The van der Waals surface area contributed by atoms with Crippen molar-refractivity contribution < 1.29 is 0 Å². The summed E-state index contributed by atoms with van der Waals surface area (Å²) >= 11 is 0. The van der Waals surface area contributed by atoms with Crippen LogP contribution in [0.4, 0.5) is 5.82 Å². The van der Waals surface area contributed by atoms with E-state index in [0.717, 1.165) is 24.3 Å². The topological polar surface area (TPSA) is 28.2 Å². The molecule has 1 N–H and O–H groups in total. The fourth-order valence-electron chi connectivity index (χ4n) is 2.42. The van der Waals surface area contributed by atoms with Gasteiger partial charge in [0.2, 0.25) is 0 Å². The van der Waals surface area contributed by atoms with Gasteiger partial charge in [-0.25, -0.2) is 4.98 Å². The van der Waals surface area contributed by atoms with Gasteiger partial charge in [0, 0.05) is 37.9 Å². The second-order valence-electron chi connectivity index (χ2n) is 5.37. The molecule has 0 spiro atoms. The van der Waals surface area contributed by atoms with Crippen molar-refractivity contribution in [2.45, 2.75) is 38.3 Å². The van der Waals surface area contributed by atoms with Gasteiger partial charge in [-0.2, -0.15) is 0 Å². The smallest absolute Gasteiger partial charge is 0.130 e. The first kappa shape index (κ1) is 11.0. The number of nitrogens with one attached hydrogen (secondary N) is 1. The quantitative estimate of drug-likeness (QED) is 0.815. The van der Waals surface area contributed by atoms with Crippen LogP contribution in [0.1, 0.15) is 31.2 Å². The lowest BCUT2D eigenvalue weighted by Crippen LogP contribution is -2.28. The van der Waals surface area contributed by atoms with E-state index in [-0.39, 0.29) is 0 Å². The Morgan fingerprint density at radius 3 is 2.82 bits per heavy atom. The summed E-state index contributed by atoms with van der Waals surface area (Å²) in [6, 6.07) is 5.08. The van der Waals surface area contributed by atoms with Crippen molar-refractivity contribution in [3.05, 3.63) is 23.9 Å². The number of pyridine rings is 1. The largest absolute Gasteiger partial charge is 0.373 e. The molecule has 0 saturated heterocycles. The number of aromatic nitrogens is 1. The second-order valence-corrected chi connectivity index (χ2v) is 5.37. The molecule has 0 atom stereocenters. The monoisotopic (exact) mass is 231 g/mol. The summed E-state index contributed by atoms with van der Waals surface area (Å²) < 4.78 is 0. The van der Waals surface area contributed by atoms with E-state index >= 15 is 0 Å². The Balaban J connectivity index is 1.69. The van der Waals surface area contributed by atoms with Gasteiger partial charge in [0.1, 0.15) is 5.82 Å². The van der Waals surface area contributed by atoms with Crippen LogP contribution < -0.4 is 5.32 Å². The van der Waals surface area contributed by atoms with Crippen LogP contribution in [0, 0.1) is 5.92 Å². The lowest BCUT2D eigenvalue weighted by atomic mass is 10.2. The van der Waals surface area contributed by atoms with Gasteiger partial charge in [-0.3, -0.25) is 4.90 Å². The molecule has 92 valence electrons. The summed E-state index contributed by atoms with van der Waals surface area (Å²) in [7, 11) is 1.95. The van der Waals surface area contributed by atoms with Crippen LogP contribution in [0.3, 0.4) is 0 Å². The maximum atomic E-state index is 4.39.